The highest BCUT2D eigenvalue weighted by molar-refractivity contribution is 7.99. The fourth-order valence-corrected chi connectivity index (χ4v) is 2.39. The van der Waals surface area contributed by atoms with Crippen LogP contribution in [0.25, 0.3) is 0 Å². The van der Waals surface area contributed by atoms with E-state index in [0.29, 0.717) is 0 Å². The van der Waals surface area contributed by atoms with E-state index >= 15 is 0 Å². The van der Waals surface area contributed by atoms with Gasteiger partial charge in [0.1, 0.15) is 16.6 Å². The fraction of sp³-hybridized carbons (Fsp3) is 0.214. The van der Waals surface area contributed by atoms with Crippen molar-refractivity contribution in [1.29, 1.82) is 0 Å². The number of anilines is 1. The van der Waals surface area contributed by atoms with E-state index in [1.54, 1.807) is 18.9 Å². The molecule has 2 aromatic rings. The Morgan fingerprint density at radius 1 is 1.22 bits per heavy atom. The molecule has 0 fully saturated rings. The summed E-state index contributed by atoms with van der Waals surface area (Å²) in [4.78, 5) is 5.65. The zero-order valence-corrected chi connectivity index (χ0v) is 11.3. The molecule has 2 rings (SSSR count). The van der Waals surface area contributed by atoms with Crippen molar-refractivity contribution in [2.45, 2.75) is 16.8 Å². The van der Waals surface area contributed by atoms with Gasteiger partial charge in [0.2, 0.25) is 0 Å². The van der Waals surface area contributed by atoms with Crippen LogP contribution in [0.1, 0.15) is 6.92 Å². The van der Waals surface area contributed by atoms with E-state index in [-0.39, 0.29) is 0 Å². The number of methoxy groups -OCH3 is 1. The van der Waals surface area contributed by atoms with Gasteiger partial charge in [-0.25, -0.2) is 4.98 Å². The third kappa shape index (κ3) is 3.40. The van der Waals surface area contributed by atoms with E-state index < -0.39 is 0 Å². The molecule has 0 saturated heterocycles. The van der Waals surface area contributed by atoms with Gasteiger partial charge in [-0.1, -0.05) is 23.9 Å². The predicted octanol–water partition coefficient (Wildman–Crippen LogP) is 3.67. The van der Waals surface area contributed by atoms with Crippen LogP contribution in [0.5, 0.6) is 5.75 Å². The first kappa shape index (κ1) is 12.8. The molecular formula is C14H16N2OS. The molecule has 0 aliphatic rings. The molecule has 0 radical (unpaired) electrons. The van der Waals surface area contributed by atoms with Gasteiger partial charge in [0, 0.05) is 11.4 Å². The molecule has 1 N–H and O–H groups in total. The number of ether oxygens (including phenoxy) is 1. The standard InChI is InChI=1S/C14H16N2OS/c1-3-15-13-8-5-9-14(16-13)18-12-7-4-6-11(10-12)17-2/h4-10H,3H2,1-2H3,(H,15,16). The third-order valence-corrected chi connectivity index (χ3v) is 3.27. The zero-order valence-electron chi connectivity index (χ0n) is 10.5. The number of rotatable bonds is 5. The summed E-state index contributed by atoms with van der Waals surface area (Å²) in [7, 11) is 1.67. The molecule has 0 aliphatic heterocycles. The largest absolute Gasteiger partial charge is 0.497 e. The molecule has 0 amide bonds. The number of benzene rings is 1. The van der Waals surface area contributed by atoms with E-state index in [4.69, 9.17) is 4.74 Å². The van der Waals surface area contributed by atoms with Gasteiger partial charge in [-0.2, -0.15) is 0 Å². The maximum atomic E-state index is 5.21. The van der Waals surface area contributed by atoms with Crippen molar-refractivity contribution in [3.05, 3.63) is 42.5 Å². The Morgan fingerprint density at radius 3 is 2.83 bits per heavy atom. The van der Waals surface area contributed by atoms with Crippen molar-refractivity contribution in [1.82, 2.24) is 4.98 Å². The van der Waals surface area contributed by atoms with E-state index in [1.807, 2.05) is 36.4 Å². The predicted molar refractivity (Wildman–Crippen MR) is 75.5 cm³/mol. The molecule has 0 bridgehead atoms. The van der Waals surface area contributed by atoms with E-state index in [9.17, 15) is 0 Å². The van der Waals surface area contributed by atoms with Crippen LogP contribution in [0, 0.1) is 0 Å². The minimum atomic E-state index is 0.864. The van der Waals surface area contributed by atoms with Crippen molar-refractivity contribution in [3.63, 3.8) is 0 Å². The molecule has 4 heteroatoms. The molecule has 1 aromatic heterocycles. The lowest BCUT2D eigenvalue weighted by molar-refractivity contribution is 0.413. The molecule has 0 spiro atoms. The molecular weight excluding hydrogens is 244 g/mol. The molecule has 1 heterocycles. The van der Waals surface area contributed by atoms with E-state index in [1.165, 1.54) is 0 Å². The second kappa shape index (κ2) is 6.31. The Morgan fingerprint density at radius 2 is 2.06 bits per heavy atom. The average Bonchev–Trinajstić information content (AvgIpc) is 2.40. The smallest absolute Gasteiger partial charge is 0.127 e. The zero-order chi connectivity index (χ0) is 12.8. The Balaban J connectivity index is 2.14. The molecule has 0 unspecified atom stereocenters. The summed E-state index contributed by atoms with van der Waals surface area (Å²) in [5.74, 6) is 1.77. The SMILES string of the molecule is CCNc1cccc(Sc2cccc(OC)c2)n1. The normalized spacial score (nSPS) is 10.1. The van der Waals surface area contributed by atoms with E-state index in [2.05, 4.69) is 23.3 Å². The number of hydrogen-bond donors (Lipinski definition) is 1. The Kier molecular flexibility index (Phi) is 4.47. The number of aromatic nitrogens is 1. The minimum Gasteiger partial charge on any atom is -0.497 e. The summed E-state index contributed by atoms with van der Waals surface area (Å²) >= 11 is 1.63. The van der Waals surface area contributed by atoms with E-state index in [0.717, 1.165) is 28.0 Å². The minimum absolute atomic E-state index is 0.864. The van der Waals surface area contributed by atoms with Crippen LogP contribution in [0.3, 0.4) is 0 Å². The van der Waals surface area contributed by atoms with Crippen LogP contribution >= 0.6 is 11.8 Å². The van der Waals surface area contributed by atoms with Crippen LogP contribution in [0.2, 0.25) is 0 Å². The fourth-order valence-electron chi connectivity index (χ4n) is 1.54. The van der Waals surface area contributed by atoms with Gasteiger partial charge in [0.15, 0.2) is 0 Å². The Labute approximate surface area is 112 Å². The van der Waals surface area contributed by atoms with Gasteiger partial charge in [0.25, 0.3) is 0 Å². The first-order valence-corrected chi connectivity index (χ1v) is 6.66. The summed E-state index contributed by atoms with van der Waals surface area (Å²) < 4.78 is 5.21. The molecule has 94 valence electrons. The topological polar surface area (TPSA) is 34.1 Å². The number of pyridine rings is 1. The molecule has 3 nitrogen and oxygen atoms in total. The monoisotopic (exact) mass is 260 g/mol. The van der Waals surface area contributed by atoms with Crippen molar-refractivity contribution in [2.24, 2.45) is 0 Å². The lowest BCUT2D eigenvalue weighted by atomic mass is 10.3. The van der Waals surface area contributed by atoms with Crippen LogP contribution in [0.4, 0.5) is 5.82 Å². The summed E-state index contributed by atoms with van der Waals surface area (Å²) in [5, 5.41) is 4.18. The molecule has 0 saturated carbocycles. The number of nitrogens with one attached hydrogen (secondary N) is 1. The summed E-state index contributed by atoms with van der Waals surface area (Å²) in [6.45, 7) is 2.93. The Bertz CT molecular complexity index is 517. The first-order valence-electron chi connectivity index (χ1n) is 5.84. The summed E-state index contributed by atoms with van der Waals surface area (Å²) in [5.41, 5.74) is 0. The molecule has 1 aromatic carbocycles. The van der Waals surface area contributed by atoms with Crippen molar-refractivity contribution in [3.8, 4) is 5.75 Å². The maximum absolute atomic E-state index is 5.21. The average molecular weight is 260 g/mol. The highest BCUT2D eigenvalue weighted by Crippen LogP contribution is 2.29. The van der Waals surface area contributed by atoms with Gasteiger partial charge in [-0.05, 0) is 37.3 Å². The molecule has 0 atom stereocenters. The lowest BCUT2D eigenvalue weighted by Gasteiger charge is -2.06. The van der Waals surface area contributed by atoms with Crippen LogP contribution in [0.15, 0.2) is 52.4 Å². The van der Waals surface area contributed by atoms with Crippen molar-refractivity contribution in [2.75, 3.05) is 19.0 Å². The van der Waals surface area contributed by atoms with Gasteiger partial charge in [-0.3, -0.25) is 0 Å². The summed E-state index contributed by atoms with van der Waals surface area (Å²) in [6.07, 6.45) is 0. The van der Waals surface area contributed by atoms with Crippen molar-refractivity contribution >= 4 is 17.6 Å². The highest BCUT2D eigenvalue weighted by atomic mass is 32.2. The van der Waals surface area contributed by atoms with Gasteiger partial charge in [-0.15, -0.1) is 0 Å². The van der Waals surface area contributed by atoms with Crippen LogP contribution in [-0.2, 0) is 0 Å². The van der Waals surface area contributed by atoms with Crippen molar-refractivity contribution < 1.29 is 4.74 Å². The second-order valence-electron chi connectivity index (χ2n) is 3.67. The third-order valence-electron chi connectivity index (χ3n) is 2.35. The number of hydrogen-bond acceptors (Lipinski definition) is 4. The maximum Gasteiger partial charge on any atom is 0.127 e. The highest BCUT2D eigenvalue weighted by Gasteiger charge is 2.01. The van der Waals surface area contributed by atoms with Gasteiger partial charge >= 0.3 is 0 Å². The first-order chi connectivity index (χ1) is 8.81. The van der Waals surface area contributed by atoms with Crippen LogP contribution < -0.4 is 10.1 Å². The summed E-state index contributed by atoms with van der Waals surface area (Å²) in [6, 6.07) is 14.0. The van der Waals surface area contributed by atoms with Crippen LogP contribution in [-0.4, -0.2) is 18.6 Å². The van der Waals surface area contributed by atoms with Gasteiger partial charge < -0.3 is 10.1 Å². The molecule has 0 aliphatic carbocycles. The lowest BCUT2D eigenvalue weighted by Crippen LogP contribution is -1.98. The van der Waals surface area contributed by atoms with Gasteiger partial charge in [0.05, 0.1) is 7.11 Å². The second-order valence-corrected chi connectivity index (χ2v) is 4.77. The number of nitrogens with zero attached hydrogens (tertiary/aromatic N) is 1. The molecule has 18 heavy (non-hydrogen) atoms. The quantitative estimate of drug-likeness (QED) is 0.889. The Hall–Kier alpha value is -1.68.